The number of ether oxygens (including phenoxy) is 1. The van der Waals surface area contributed by atoms with E-state index in [0.717, 1.165) is 16.9 Å². The summed E-state index contributed by atoms with van der Waals surface area (Å²) in [5.41, 5.74) is 7.54. The Bertz CT molecular complexity index is 644. The normalized spacial score (nSPS) is 12.1. The van der Waals surface area contributed by atoms with Crippen LogP contribution in [-0.2, 0) is 11.3 Å². The minimum absolute atomic E-state index is 0.199. The van der Waals surface area contributed by atoms with E-state index in [4.69, 9.17) is 10.5 Å². The second-order valence-electron chi connectivity index (χ2n) is 6.21. The quantitative estimate of drug-likeness (QED) is 0.693. The van der Waals surface area contributed by atoms with E-state index in [9.17, 15) is 9.90 Å². The number of carbonyl (C=O) groups excluding carboxylic acids is 1. The maximum atomic E-state index is 11.1. The molecule has 0 bridgehead atoms. The highest BCUT2D eigenvalue weighted by Gasteiger charge is 2.14. The van der Waals surface area contributed by atoms with Crippen molar-refractivity contribution < 1.29 is 14.6 Å². The molecule has 3 N–H and O–H groups in total. The molecule has 1 unspecified atom stereocenters. The third kappa shape index (κ3) is 7.37. The Hall–Kier alpha value is -2.37. The monoisotopic (exact) mass is 342 g/mol. The number of hydrogen-bond donors (Lipinski definition) is 2. The minimum atomic E-state index is -0.655. The Balaban J connectivity index is 1.87. The molecule has 5 heteroatoms. The van der Waals surface area contributed by atoms with Crippen LogP contribution in [0, 0.1) is 6.92 Å². The van der Waals surface area contributed by atoms with Crippen molar-refractivity contribution in [3.05, 3.63) is 65.7 Å². The first-order chi connectivity index (χ1) is 12.0. The number of amides is 1. The fraction of sp³-hybridized carbons (Fsp3) is 0.350. The zero-order chi connectivity index (χ0) is 18.1. The van der Waals surface area contributed by atoms with Crippen LogP contribution < -0.4 is 10.5 Å². The molecule has 0 aliphatic carbocycles. The van der Waals surface area contributed by atoms with Crippen molar-refractivity contribution in [3.8, 4) is 5.75 Å². The molecule has 0 saturated carbocycles. The van der Waals surface area contributed by atoms with Gasteiger partial charge < -0.3 is 15.6 Å². The van der Waals surface area contributed by atoms with Gasteiger partial charge in [-0.05, 0) is 24.6 Å². The first kappa shape index (κ1) is 19.0. The smallest absolute Gasteiger partial charge is 0.218 e. The van der Waals surface area contributed by atoms with Crippen molar-refractivity contribution in [2.45, 2.75) is 26.0 Å². The third-order valence-corrected chi connectivity index (χ3v) is 3.86. The summed E-state index contributed by atoms with van der Waals surface area (Å²) in [6, 6.07) is 17.7. The number of aryl methyl sites for hydroxylation is 1. The van der Waals surface area contributed by atoms with Crippen LogP contribution in [0.4, 0.5) is 0 Å². The van der Waals surface area contributed by atoms with Crippen LogP contribution in [-0.4, -0.2) is 41.7 Å². The summed E-state index contributed by atoms with van der Waals surface area (Å²) in [4.78, 5) is 13.1. The average Bonchev–Trinajstić information content (AvgIpc) is 2.60. The summed E-state index contributed by atoms with van der Waals surface area (Å²) in [5, 5.41) is 10.3. The van der Waals surface area contributed by atoms with Gasteiger partial charge in [0.15, 0.2) is 0 Å². The number of rotatable bonds is 10. The van der Waals surface area contributed by atoms with E-state index in [0.29, 0.717) is 19.6 Å². The molecule has 1 atom stereocenters. The van der Waals surface area contributed by atoms with Gasteiger partial charge in [0.25, 0.3) is 0 Å². The summed E-state index contributed by atoms with van der Waals surface area (Å²) in [5.74, 6) is 0.389. The van der Waals surface area contributed by atoms with Gasteiger partial charge in [-0.3, -0.25) is 9.69 Å². The molecule has 2 aromatic carbocycles. The van der Waals surface area contributed by atoms with E-state index < -0.39 is 6.10 Å². The van der Waals surface area contributed by atoms with Crippen LogP contribution in [0.3, 0.4) is 0 Å². The molecule has 0 aliphatic heterocycles. The van der Waals surface area contributed by atoms with E-state index >= 15 is 0 Å². The lowest BCUT2D eigenvalue weighted by Gasteiger charge is -2.25. The number of carbonyl (C=O) groups is 1. The maximum Gasteiger partial charge on any atom is 0.218 e. The van der Waals surface area contributed by atoms with Crippen LogP contribution in [0.15, 0.2) is 54.6 Å². The van der Waals surface area contributed by atoms with E-state index in [1.807, 2.05) is 66.4 Å². The molecule has 2 rings (SSSR count). The highest BCUT2D eigenvalue weighted by Crippen LogP contribution is 2.12. The van der Waals surface area contributed by atoms with Gasteiger partial charge in [0.2, 0.25) is 5.91 Å². The molecule has 0 aromatic heterocycles. The van der Waals surface area contributed by atoms with Crippen LogP contribution >= 0.6 is 0 Å². The Morgan fingerprint density at radius 3 is 2.48 bits per heavy atom. The molecule has 25 heavy (non-hydrogen) atoms. The second-order valence-corrected chi connectivity index (χ2v) is 6.21. The van der Waals surface area contributed by atoms with Crippen molar-refractivity contribution in [1.82, 2.24) is 4.90 Å². The molecule has 2 aromatic rings. The van der Waals surface area contributed by atoms with Crippen molar-refractivity contribution in [2.24, 2.45) is 5.73 Å². The van der Waals surface area contributed by atoms with E-state index in [1.54, 1.807) is 0 Å². The predicted octanol–water partition coefficient (Wildman–Crippen LogP) is 2.11. The number of primary amides is 1. The lowest BCUT2D eigenvalue weighted by Crippen LogP contribution is -2.37. The van der Waals surface area contributed by atoms with Crippen molar-refractivity contribution in [2.75, 3.05) is 19.7 Å². The lowest BCUT2D eigenvalue weighted by molar-refractivity contribution is -0.118. The zero-order valence-corrected chi connectivity index (χ0v) is 14.6. The SMILES string of the molecule is Cc1ccc(OCC(O)CN(CCC(N)=O)Cc2ccccc2)cc1. The van der Waals surface area contributed by atoms with Gasteiger partial charge in [-0.2, -0.15) is 0 Å². The molecule has 0 heterocycles. The molecular formula is C20H26N2O3. The molecule has 0 fully saturated rings. The topological polar surface area (TPSA) is 75.8 Å². The third-order valence-electron chi connectivity index (χ3n) is 3.86. The van der Waals surface area contributed by atoms with Gasteiger partial charge >= 0.3 is 0 Å². The summed E-state index contributed by atoms with van der Waals surface area (Å²) >= 11 is 0. The number of aliphatic hydroxyl groups excluding tert-OH is 1. The highest BCUT2D eigenvalue weighted by atomic mass is 16.5. The van der Waals surface area contributed by atoms with Gasteiger partial charge in [-0.15, -0.1) is 0 Å². The number of hydrogen-bond acceptors (Lipinski definition) is 4. The fourth-order valence-electron chi connectivity index (χ4n) is 2.52. The molecular weight excluding hydrogens is 316 g/mol. The largest absolute Gasteiger partial charge is 0.491 e. The maximum absolute atomic E-state index is 11.1. The van der Waals surface area contributed by atoms with Crippen molar-refractivity contribution in [1.29, 1.82) is 0 Å². The van der Waals surface area contributed by atoms with Gasteiger partial charge in [0, 0.05) is 26.1 Å². The lowest BCUT2D eigenvalue weighted by atomic mass is 10.2. The summed E-state index contributed by atoms with van der Waals surface area (Å²) in [7, 11) is 0. The molecule has 0 spiro atoms. The van der Waals surface area contributed by atoms with Crippen LogP contribution in [0.2, 0.25) is 0 Å². The van der Waals surface area contributed by atoms with Gasteiger partial charge in [-0.25, -0.2) is 0 Å². The summed E-state index contributed by atoms with van der Waals surface area (Å²) in [6.45, 7) is 3.78. The molecule has 0 aliphatic rings. The standard InChI is InChI=1S/C20H26N2O3/c1-16-7-9-19(10-8-16)25-15-18(23)14-22(12-11-20(21)24)13-17-5-3-2-4-6-17/h2-10,18,23H,11-15H2,1H3,(H2,21,24). The average molecular weight is 342 g/mol. The van der Waals surface area contributed by atoms with Crippen LogP contribution in [0.25, 0.3) is 0 Å². The molecule has 1 amide bonds. The van der Waals surface area contributed by atoms with Gasteiger partial charge in [-0.1, -0.05) is 48.0 Å². The van der Waals surface area contributed by atoms with E-state index in [1.165, 1.54) is 0 Å². The number of nitrogens with zero attached hydrogens (tertiary/aromatic N) is 1. The van der Waals surface area contributed by atoms with E-state index in [-0.39, 0.29) is 18.9 Å². The zero-order valence-electron chi connectivity index (χ0n) is 14.6. The van der Waals surface area contributed by atoms with Gasteiger partial charge in [0.05, 0.1) is 0 Å². The number of nitrogens with two attached hydrogens (primary N) is 1. The Morgan fingerprint density at radius 2 is 1.84 bits per heavy atom. The van der Waals surface area contributed by atoms with Crippen LogP contribution in [0.1, 0.15) is 17.5 Å². The van der Waals surface area contributed by atoms with Gasteiger partial charge in [0.1, 0.15) is 18.5 Å². The Labute approximate surface area is 149 Å². The predicted molar refractivity (Wildman–Crippen MR) is 98.2 cm³/mol. The first-order valence-corrected chi connectivity index (χ1v) is 8.45. The molecule has 134 valence electrons. The van der Waals surface area contributed by atoms with Crippen molar-refractivity contribution in [3.63, 3.8) is 0 Å². The Morgan fingerprint density at radius 1 is 1.16 bits per heavy atom. The van der Waals surface area contributed by atoms with Crippen molar-refractivity contribution >= 4 is 5.91 Å². The Kier molecular flexibility index (Phi) is 7.44. The fourth-order valence-corrected chi connectivity index (χ4v) is 2.52. The molecule has 0 saturated heterocycles. The van der Waals surface area contributed by atoms with E-state index in [2.05, 4.69) is 0 Å². The second kappa shape index (κ2) is 9.81. The highest BCUT2D eigenvalue weighted by molar-refractivity contribution is 5.73. The number of aliphatic hydroxyl groups is 1. The summed E-state index contributed by atoms with van der Waals surface area (Å²) < 4.78 is 5.63. The number of benzene rings is 2. The first-order valence-electron chi connectivity index (χ1n) is 8.45. The molecule has 5 nitrogen and oxygen atoms in total. The molecule has 0 radical (unpaired) electrons. The minimum Gasteiger partial charge on any atom is -0.491 e. The van der Waals surface area contributed by atoms with Crippen LogP contribution in [0.5, 0.6) is 5.75 Å². The summed E-state index contributed by atoms with van der Waals surface area (Å²) in [6.07, 6.45) is -0.392.